The molecule has 3 nitrogen and oxygen atoms in total. The minimum Gasteiger partial charge on any atom is -0.292 e. The zero-order chi connectivity index (χ0) is 13.8. The third-order valence-electron chi connectivity index (χ3n) is 1.80. The van der Waals surface area contributed by atoms with E-state index in [4.69, 9.17) is 0 Å². The Labute approximate surface area is 104 Å². The number of carbonyl (C=O) groups is 2. The van der Waals surface area contributed by atoms with Gasteiger partial charge in [0, 0.05) is 5.57 Å². The fourth-order valence-corrected chi connectivity index (χ4v) is 1.26. The Morgan fingerprint density at radius 3 is 2.12 bits per heavy atom. The summed E-state index contributed by atoms with van der Waals surface area (Å²) in [6.07, 6.45) is 5.20. The van der Waals surface area contributed by atoms with Crippen LogP contribution >= 0.6 is 0 Å². The first-order chi connectivity index (χ1) is 8.19. The topological polar surface area (TPSA) is 46.2 Å². The van der Waals surface area contributed by atoms with E-state index in [2.05, 4.69) is 11.9 Å². The maximum Gasteiger partial charge on any atom is 0.257 e. The largest absolute Gasteiger partial charge is 0.292 e. The fourth-order valence-electron chi connectivity index (χ4n) is 1.26. The highest BCUT2D eigenvalue weighted by atomic mass is 16.2. The zero-order valence-electron chi connectivity index (χ0n) is 11.5. The molecule has 0 spiro atoms. The highest BCUT2D eigenvalue weighted by molar-refractivity contribution is 6.11. The highest BCUT2D eigenvalue weighted by Gasteiger charge is 2.23. The second-order valence-corrected chi connectivity index (χ2v) is 2.68. The van der Waals surface area contributed by atoms with Crippen molar-refractivity contribution in [2.75, 3.05) is 0 Å². The average molecular weight is 237 g/mol. The van der Waals surface area contributed by atoms with Gasteiger partial charge in [-0.25, -0.2) is 0 Å². The molecule has 3 heteroatoms. The van der Waals surface area contributed by atoms with E-state index >= 15 is 0 Å². The van der Waals surface area contributed by atoms with E-state index < -0.39 is 0 Å². The molecule has 1 aliphatic rings. The zero-order valence-corrected chi connectivity index (χ0v) is 11.5. The standard InChI is InChI=1S/C10H11NO2.2C2H6/c1-3-5-7-6-9(12)11-10(13)8(7)4-2;2*1-2/h3-5H,1,6H2,2H3,(H,11,12,13);2*1-2H3/b7-5-,8-4+;;. The number of imide groups is 1. The summed E-state index contributed by atoms with van der Waals surface area (Å²) in [5, 5.41) is 2.25. The maximum atomic E-state index is 11.2. The summed E-state index contributed by atoms with van der Waals surface area (Å²) in [5.41, 5.74) is 1.28. The van der Waals surface area contributed by atoms with Crippen molar-refractivity contribution in [1.29, 1.82) is 0 Å². The Morgan fingerprint density at radius 2 is 1.71 bits per heavy atom. The van der Waals surface area contributed by atoms with Gasteiger partial charge in [-0.05, 0) is 12.5 Å². The molecule has 2 amide bonds. The molecule has 1 saturated heterocycles. The van der Waals surface area contributed by atoms with Crippen LogP contribution in [0.1, 0.15) is 41.0 Å². The third-order valence-corrected chi connectivity index (χ3v) is 1.80. The molecule has 1 fully saturated rings. The average Bonchev–Trinajstić information content (AvgIpc) is 2.34. The second-order valence-electron chi connectivity index (χ2n) is 2.68. The van der Waals surface area contributed by atoms with Crippen molar-refractivity contribution in [1.82, 2.24) is 5.32 Å². The van der Waals surface area contributed by atoms with Crippen molar-refractivity contribution < 1.29 is 9.59 Å². The Bertz CT molecular complexity index is 325. The monoisotopic (exact) mass is 237 g/mol. The Balaban J connectivity index is 0. The molecular weight excluding hydrogens is 214 g/mol. The van der Waals surface area contributed by atoms with Crippen LogP contribution in [0, 0.1) is 0 Å². The summed E-state index contributed by atoms with van der Waals surface area (Å²) in [6.45, 7) is 13.3. The van der Waals surface area contributed by atoms with Crippen LogP contribution in [0.2, 0.25) is 0 Å². The van der Waals surface area contributed by atoms with Gasteiger partial charge in [0.25, 0.3) is 5.91 Å². The Morgan fingerprint density at radius 1 is 1.18 bits per heavy atom. The summed E-state index contributed by atoms with van der Waals surface area (Å²) in [5.74, 6) is -0.587. The molecule has 96 valence electrons. The molecule has 1 aliphatic heterocycles. The van der Waals surface area contributed by atoms with Crippen molar-refractivity contribution in [2.24, 2.45) is 0 Å². The minimum absolute atomic E-state index is 0.247. The van der Waals surface area contributed by atoms with Crippen LogP contribution < -0.4 is 5.32 Å². The van der Waals surface area contributed by atoms with E-state index in [1.165, 1.54) is 0 Å². The van der Waals surface area contributed by atoms with E-state index in [1.54, 1.807) is 25.2 Å². The quantitative estimate of drug-likeness (QED) is 0.562. The number of nitrogens with one attached hydrogen (secondary N) is 1. The number of piperidine rings is 1. The fraction of sp³-hybridized carbons (Fsp3) is 0.429. The normalized spacial score (nSPS) is 18.6. The minimum atomic E-state index is -0.327. The molecule has 0 atom stereocenters. The van der Waals surface area contributed by atoms with Gasteiger partial charge in [-0.15, -0.1) is 0 Å². The lowest BCUT2D eigenvalue weighted by Crippen LogP contribution is -2.37. The summed E-state index contributed by atoms with van der Waals surface area (Å²) >= 11 is 0. The molecule has 0 radical (unpaired) electrons. The van der Waals surface area contributed by atoms with Gasteiger partial charge in [-0.1, -0.05) is 52.5 Å². The van der Waals surface area contributed by atoms with Crippen LogP contribution in [0.25, 0.3) is 0 Å². The number of hydrogen-bond donors (Lipinski definition) is 1. The predicted octanol–water partition coefficient (Wildman–Crippen LogP) is 3.14. The van der Waals surface area contributed by atoms with Crippen LogP contribution in [0.4, 0.5) is 0 Å². The summed E-state index contributed by atoms with van der Waals surface area (Å²) < 4.78 is 0. The molecule has 0 aliphatic carbocycles. The SMILES string of the molecule is C=C/C=C1/CC(=O)NC(=O)/C1=C/C.CC.CC. The molecule has 0 aromatic rings. The van der Waals surface area contributed by atoms with Gasteiger partial charge in [0.15, 0.2) is 0 Å². The summed E-state index contributed by atoms with van der Waals surface area (Å²) in [7, 11) is 0. The third kappa shape index (κ3) is 5.85. The van der Waals surface area contributed by atoms with E-state index in [0.717, 1.165) is 5.57 Å². The van der Waals surface area contributed by atoms with Crippen molar-refractivity contribution in [3.05, 3.63) is 36.0 Å². The molecule has 0 bridgehead atoms. The van der Waals surface area contributed by atoms with E-state index in [9.17, 15) is 9.59 Å². The first-order valence-electron chi connectivity index (χ1n) is 6.01. The lowest BCUT2D eigenvalue weighted by Gasteiger charge is -2.16. The number of amides is 2. The van der Waals surface area contributed by atoms with Crippen molar-refractivity contribution in [3.8, 4) is 0 Å². The summed E-state index contributed by atoms with van der Waals surface area (Å²) in [6, 6.07) is 0. The molecule has 1 heterocycles. The van der Waals surface area contributed by atoms with Crippen LogP contribution in [0.15, 0.2) is 36.0 Å². The van der Waals surface area contributed by atoms with Crippen molar-refractivity contribution >= 4 is 11.8 Å². The van der Waals surface area contributed by atoms with Crippen molar-refractivity contribution in [3.63, 3.8) is 0 Å². The van der Waals surface area contributed by atoms with Gasteiger partial charge in [-0.3, -0.25) is 14.9 Å². The Kier molecular flexibility index (Phi) is 11.3. The lowest BCUT2D eigenvalue weighted by molar-refractivity contribution is -0.129. The molecule has 0 unspecified atom stereocenters. The van der Waals surface area contributed by atoms with Crippen LogP contribution in [-0.2, 0) is 9.59 Å². The van der Waals surface area contributed by atoms with Gasteiger partial charge in [0.05, 0.1) is 6.42 Å². The maximum absolute atomic E-state index is 11.2. The first-order valence-corrected chi connectivity index (χ1v) is 6.01. The van der Waals surface area contributed by atoms with Crippen LogP contribution in [-0.4, -0.2) is 11.8 Å². The van der Waals surface area contributed by atoms with Gasteiger partial charge in [0.1, 0.15) is 0 Å². The molecular formula is C14H23NO2. The Hall–Kier alpha value is -1.64. The summed E-state index contributed by atoms with van der Waals surface area (Å²) in [4.78, 5) is 22.2. The van der Waals surface area contributed by atoms with E-state index in [1.807, 2.05) is 27.7 Å². The second kappa shape index (κ2) is 10.9. The first kappa shape index (κ1) is 17.7. The van der Waals surface area contributed by atoms with Gasteiger partial charge in [0.2, 0.25) is 5.91 Å². The number of carbonyl (C=O) groups excluding carboxylic acids is 2. The number of allylic oxidation sites excluding steroid dienone is 3. The molecule has 1 N–H and O–H groups in total. The smallest absolute Gasteiger partial charge is 0.257 e. The molecule has 1 rings (SSSR count). The van der Waals surface area contributed by atoms with E-state index in [0.29, 0.717) is 5.57 Å². The number of hydrogen-bond acceptors (Lipinski definition) is 2. The number of rotatable bonds is 1. The van der Waals surface area contributed by atoms with Gasteiger partial charge < -0.3 is 0 Å². The highest BCUT2D eigenvalue weighted by Crippen LogP contribution is 2.18. The molecule has 0 aromatic heterocycles. The lowest BCUT2D eigenvalue weighted by atomic mass is 9.97. The molecule has 0 aromatic carbocycles. The predicted molar refractivity (Wildman–Crippen MR) is 72.5 cm³/mol. The molecule has 0 saturated carbocycles. The van der Waals surface area contributed by atoms with Gasteiger partial charge >= 0.3 is 0 Å². The van der Waals surface area contributed by atoms with Gasteiger partial charge in [-0.2, -0.15) is 0 Å². The van der Waals surface area contributed by atoms with Crippen LogP contribution in [0.5, 0.6) is 0 Å². The van der Waals surface area contributed by atoms with Crippen LogP contribution in [0.3, 0.4) is 0 Å². The van der Waals surface area contributed by atoms with E-state index in [-0.39, 0.29) is 18.2 Å². The van der Waals surface area contributed by atoms with Crippen molar-refractivity contribution in [2.45, 2.75) is 41.0 Å². The molecule has 17 heavy (non-hydrogen) atoms.